The fourth-order valence-electron chi connectivity index (χ4n) is 2.87. The number of aromatic nitrogens is 1. The third kappa shape index (κ3) is 2.50. The molecule has 0 spiro atoms. The lowest BCUT2D eigenvalue weighted by molar-refractivity contribution is 0.1000. The molecule has 2 heterocycles. The van der Waals surface area contributed by atoms with Gasteiger partial charge in [0.1, 0.15) is 11.3 Å². The maximum Gasteiger partial charge on any atom is 0.277 e. The molecule has 0 bridgehead atoms. The minimum Gasteiger partial charge on any atom is -0.494 e. The van der Waals surface area contributed by atoms with Crippen LogP contribution in [0.5, 0.6) is 5.75 Å². The predicted octanol–water partition coefficient (Wildman–Crippen LogP) is 1.54. The molecule has 0 saturated carbocycles. The lowest BCUT2D eigenvalue weighted by atomic mass is 10.2. The molecule has 6 nitrogen and oxygen atoms in total. The van der Waals surface area contributed by atoms with Crippen LogP contribution in [-0.4, -0.2) is 56.1 Å². The van der Waals surface area contributed by atoms with E-state index in [1.165, 1.54) is 11.3 Å². The molecule has 1 amide bonds. The highest BCUT2D eigenvalue weighted by Gasteiger charge is 2.27. The fraction of sp³-hybridized carbons (Fsp3) is 0.467. The summed E-state index contributed by atoms with van der Waals surface area (Å²) < 4.78 is 6.33. The molecular weight excluding hydrogens is 300 g/mol. The Morgan fingerprint density at radius 3 is 2.86 bits per heavy atom. The van der Waals surface area contributed by atoms with Gasteiger partial charge in [-0.05, 0) is 32.6 Å². The number of primary amides is 1. The van der Waals surface area contributed by atoms with Gasteiger partial charge in [0.25, 0.3) is 5.91 Å². The third-order valence-electron chi connectivity index (χ3n) is 4.15. The summed E-state index contributed by atoms with van der Waals surface area (Å²) in [6.07, 6.45) is 1.13. The second kappa shape index (κ2) is 5.73. The van der Waals surface area contributed by atoms with Crippen LogP contribution in [-0.2, 0) is 0 Å². The Balaban J connectivity index is 2.05. The van der Waals surface area contributed by atoms with Gasteiger partial charge < -0.3 is 20.3 Å². The number of methoxy groups -OCH3 is 1. The topological polar surface area (TPSA) is 71.7 Å². The number of carbonyl (C=O) groups excluding carboxylic acids is 1. The quantitative estimate of drug-likeness (QED) is 0.925. The Morgan fingerprint density at radius 1 is 1.50 bits per heavy atom. The van der Waals surface area contributed by atoms with E-state index in [-0.39, 0.29) is 0 Å². The van der Waals surface area contributed by atoms with E-state index in [0.717, 1.165) is 29.9 Å². The number of carbonyl (C=O) groups is 1. The molecule has 118 valence electrons. The number of benzene rings is 1. The number of nitrogens with two attached hydrogens (primary N) is 1. The van der Waals surface area contributed by atoms with Crippen molar-refractivity contribution in [1.82, 2.24) is 9.88 Å². The number of anilines is 1. The van der Waals surface area contributed by atoms with Crippen LogP contribution in [0.25, 0.3) is 10.2 Å². The first kappa shape index (κ1) is 15.1. The molecule has 2 aromatic rings. The van der Waals surface area contributed by atoms with E-state index in [2.05, 4.69) is 28.9 Å². The van der Waals surface area contributed by atoms with Crippen molar-refractivity contribution >= 4 is 33.1 Å². The van der Waals surface area contributed by atoms with Crippen molar-refractivity contribution in [2.45, 2.75) is 12.5 Å². The van der Waals surface area contributed by atoms with E-state index in [9.17, 15) is 4.79 Å². The molecule has 1 atom stereocenters. The molecule has 2 N–H and O–H groups in total. The first-order chi connectivity index (χ1) is 10.5. The van der Waals surface area contributed by atoms with Crippen LogP contribution in [0.3, 0.4) is 0 Å². The molecule has 1 fully saturated rings. The Hall–Kier alpha value is -1.86. The van der Waals surface area contributed by atoms with Crippen molar-refractivity contribution in [2.24, 2.45) is 5.73 Å². The monoisotopic (exact) mass is 320 g/mol. The number of rotatable bonds is 4. The predicted molar refractivity (Wildman–Crippen MR) is 89.0 cm³/mol. The van der Waals surface area contributed by atoms with Gasteiger partial charge in [0.2, 0.25) is 0 Å². The van der Waals surface area contributed by atoms with Crippen LogP contribution >= 0.6 is 11.3 Å². The zero-order valence-electron chi connectivity index (χ0n) is 13.0. The van der Waals surface area contributed by atoms with Gasteiger partial charge in [0, 0.05) is 19.1 Å². The summed E-state index contributed by atoms with van der Waals surface area (Å²) in [7, 11) is 5.82. The molecule has 3 rings (SSSR count). The van der Waals surface area contributed by atoms with Crippen molar-refractivity contribution in [3.05, 3.63) is 17.1 Å². The molecule has 0 aliphatic carbocycles. The third-order valence-corrected chi connectivity index (χ3v) is 5.24. The van der Waals surface area contributed by atoms with Crippen molar-refractivity contribution < 1.29 is 9.53 Å². The summed E-state index contributed by atoms with van der Waals surface area (Å²) in [6, 6.07) is 4.49. The van der Waals surface area contributed by atoms with Gasteiger partial charge in [0.15, 0.2) is 5.01 Å². The van der Waals surface area contributed by atoms with E-state index < -0.39 is 5.91 Å². The van der Waals surface area contributed by atoms with E-state index in [4.69, 9.17) is 10.5 Å². The van der Waals surface area contributed by atoms with Crippen LogP contribution in [0.4, 0.5) is 5.69 Å². The zero-order valence-corrected chi connectivity index (χ0v) is 13.8. The van der Waals surface area contributed by atoms with Crippen LogP contribution in [0.2, 0.25) is 0 Å². The summed E-state index contributed by atoms with van der Waals surface area (Å²) in [5, 5.41) is 0.323. The van der Waals surface area contributed by atoms with E-state index >= 15 is 0 Å². The molecule has 1 unspecified atom stereocenters. The molecule has 1 aromatic heterocycles. The minimum absolute atomic E-state index is 0.323. The zero-order chi connectivity index (χ0) is 15.9. The lowest BCUT2D eigenvalue weighted by Crippen LogP contribution is -2.31. The molecular formula is C15H20N4O2S. The van der Waals surface area contributed by atoms with Crippen molar-refractivity contribution in [2.75, 3.05) is 39.2 Å². The van der Waals surface area contributed by atoms with Gasteiger partial charge in [-0.1, -0.05) is 0 Å². The van der Waals surface area contributed by atoms with Gasteiger partial charge in [-0.15, -0.1) is 11.3 Å². The first-order valence-electron chi connectivity index (χ1n) is 7.20. The number of ether oxygens (including phenoxy) is 1. The summed E-state index contributed by atoms with van der Waals surface area (Å²) in [5.74, 6) is 0.174. The minimum atomic E-state index is -0.498. The van der Waals surface area contributed by atoms with E-state index in [1.54, 1.807) is 7.11 Å². The van der Waals surface area contributed by atoms with Crippen molar-refractivity contribution in [3.8, 4) is 5.75 Å². The van der Waals surface area contributed by atoms with Crippen LogP contribution < -0.4 is 15.4 Å². The average molecular weight is 320 g/mol. The normalized spacial score (nSPS) is 18.4. The first-order valence-corrected chi connectivity index (χ1v) is 8.01. The summed E-state index contributed by atoms with van der Waals surface area (Å²) >= 11 is 1.34. The number of thiazole rings is 1. The van der Waals surface area contributed by atoms with Crippen LogP contribution in [0.1, 0.15) is 16.2 Å². The van der Waals surface area contributed by atoms with Crippen molar-refractivity contribution in [3.63, 3.8) is 0 Å². The van der Waals surface area contributed by atoms with Gasteiger partial charge in [-0.2, -0.15) is 0 Å². The average Bonchev–Trinajstić information content (AvgIpc) is 3.13. The van der Waals surface area contributed by atoms with Gasteiger partial charge in [-0.3, -0.25) is 4.79 Å². The molecule has 0 radical (unpaired) electrons. The number of hydrogen-bond donors (Lipinski definition) is 1. The number of fused-ring (bicyclic) bond motifs is 1. The van der Waals surface area contributed by atoms with E-state index in [1.807, 2.05) is 12.1 Å². The Bertz CT molecular complexity index is 713. The molecule has 22 heavy (non-hydrogen) atoms. The second-order valence-electron chi connectivity index (χ2n) is 5.70. The van der Waals surface area contributed by atoms with Gasteiger partial charge in [-0.25, -0.2) is 4.98 Å². The number of likely N-dealkylation sites (N-methyl/N-ethyl adjacent to an activating group) is 1. The summed E-state index contributed by atoms with van der Waals surface area (Å²) in [6.45, 7) is 1.96. The number of hydrogen-bond acceptors (Lipinski definition) is 6. The molecule has 1 aliphatic rings. The maximum absolute atomic E-state index is 11.5. The summed E-state index contributed by atoms with van der Waals surface area (Å²) in [4.78, 5) is 20.4. The largest absolute Gasteiger partial charge is 0.494 e. The highest BCUT2D eigenvalue weighted by atomic mass is 32.1. The summed E-state index contributed by atoms with van der Waals surface area (Å²) in [5.41, 5.74) is 7.20. The maximum atomic E-state index is 11.5. The highest BCUT2D eigenvalue weighted by molar-refractivity contribution is 7.21. The smallest absolute Gasteiger partial charge is 0.277 e. The SMILES string of the molecule is COc1ccc(N2CCC(N(C)C)C2)c2sc(C(N)=O)nc12. The fourth-order valence-corrected chi connectivity index (χ4v) is 3.85. The molecule has 1 aromatic carbocycles. The number of nitrogens with zero attached hydrogens (tertiary/aromatic N) is 3. The molecule has 1 saturated heterocycles. The molecule has 1 aliphatic heterocycles. The standard InChI is InChI=1S/C15H20N4O2S/c1-18(2)9-6-7-19(8-9)10-4-5-11(21-3)12-13(10)22-15(17-12)14(16)20/h4-5,9H,6-8H2,1-3H3,(H2,16,20). The van der Waals surface area contributed by atoms with Crippen LogP contribution in [0.15, 0.2) is 12.1 Å². The van der Waals surface area contributed by atoms with Gasteiger partial charge in [0.05, 0.1) is 17.5 Å². The Kier molecular flexibility index (Phi) is 3.92. The Labute approximate surface area is 133 Å². The van der Waals surface area contributed by atoms with Crippen LogP contribution in [0, 0.1) is 0 Å². The van der Waals surface area contributed by atoms with Gasteiger partial charge >= 0.3 is 0 Å². The molecule has 7 heteroatoms. The Morgan fingerprint density at radius 2 is 2.27 bits per heavy atom. The second-order valence-corrected chi connectivity index (χ2v) is 6.70. The van der Waals surface area contributed by atoms with E-state index in [0.29, 0.717) is 22.3 Å². The highest BCUT2D eigenvalue weighted by Crippen LogP contribution is 2.38. The number of amides is 1. The lowest BCUT2D eigenvalue weighted by Gasteiger charge is -2.22. The van der Waals surface area contributed by atoms with Crippen molar-refractivity contribution in [1.29, 1.82) is 0 Å².